The fourth-order valence-electron chi connectivity index (χ4n) is 3.73. The molecular formula is C23H18N2O4S. The van der Waals surface area contributed by atoms with Crippen LogP contribution in [0.5, 0.6) is 0 Å². The quantitative estimate of drug-likeness (QED) is 0.626. The average Bonchev–Trinajstić information content (AvgIpc) is 3.34. The fourth-order valence-corrected chi connectivity index (χ4v) is 4.58. The molecule has 0 fully saturated rings. The first-order valence-corrected chi connectivity index (χ1v) is 10.2. The third-order valence-electron chi connectivity index (χ3n) is 5.11. The van der Waals surface area contributed by atoms with E-state index in [4.69, 9.17) is 10.00 Å². The molecule has 1 atom stereocenters. The Bertz CT molecular complexity index is 1100. The molecule has 0 spiro atoms. The van der Waals surface area contributed by atoms with Crippen molar-refractivity contribution in [3.63, 3.8) is 0 Å². The summed E-state index contributed by atoms with van der Waals surface area (Å²) in [4.78, 5) is 25.1. The number of nitrogens with zero attached hydrogens (tertiary/aromatic N) is 1. The molecule has 2 aromatic carbocycles. The Hall–Kier alpha value is -3.63. The van der Waals surface area contributed by atoms with E-state index in [1.807, 2.05) is 54.6 Å². The van der Waals surface area contributed by atoms with Crippen LogP contribution >= 0.6 is 11.3 Å². The molecular weight excluding hydrogens is 400 g/mol. The lowest BCUT2D eigenvalue weighted by Crippen LogP contribution is -2.42. The summed E-state index contributed by atoms with van der Waals surface area (Å²) in [5.41, 5.74) is 4.42. The van der Waals surface area contributed by atoms with E-state index in [0.29, 0.717) is 9.75 Å². The summed E-state index contributed by atoms with van der Waals surface area (Å²) in [5.74, 6) is -1.25. The molecule has 0 bridgehead atoms. The lowest BCUT2D eigenvalue weighted by molar-refractivity contribution is -0.139. The summed E-state index contributed by atoms with van der Waals surface area (Å²) in [6, 6.07) is 20.2. The van der Waals surface area contributed by atoms with E-state index in [-0.39, 0.29) is 18.9 Å². The van der Waals surface area contributed by atoms with Gasteiger partial charge in [-0.15, -0.1) is 11.3 Å². The molecule has 1 amide bonds. The van der Waals surface area contributed by atoms with Crippen molar-refractivity contribution in [1.29, 1.82) is 5.26 Å². The van der Waals surface area contributed by atoms with Crippen molar-refractivity contribution in [1.82, 2.24) is 5.32 Å². The summed E-state index contributed by atoms with van der Waals surface area (Å²) in [5, 5.41) is 20.8. The Kier molecular flexibility index (Phi) is 5.50. The maximum absolute atomic E-state index is 12.3. The van der Waals surface area contributed by atoms with E-state index in [2.05, 4.69) is 5.32 Å². The minimum Gasteiger partial charge on any atom is -0.480 e. The lowest BCUT2D eigenvalue weighted by Gasteiger charge is -2.17. The monoisotopic (exact) mass is 418 g/mol. The molecule has 3 aromatic rings. The summed E-state index contributed by atoms with van der Waals surface area (Å²) >= 11 is 1.21. The number of hydrogen-bond acceptors (Lipinski definition) is 5. The number of carbonyl (C=O) groups is 2. The highest BCUT2D eigenvalue weighted by atomic mass is 32.1. The molecule has 4 rings (SSSR count). The number of alkyl carbamates (subject to hydrolysis) is 1. The maximum atomic E-state index is 12.3. The number of carboxylic acids is 1. The Morgan fingerprint density at radius 1 is 1.07 bits per heavy atom. The smallest absolute Gasteiger partial charge is 0.407 e. The van der Waals surface area contributed by atoms with Crippen LogP contribution in [0.25, 0.3) is 11.1 Å². The van der Waals surface area contributed by atoms with Crippen molar-refractivity contribution in [2.45, 2.75) is 18.4 Å². The van der Waals surface area contributed by atoms with Gasteiger partial charge in [0.1, 0.15) is 23.6 Å². The highest BCUT2D eigenvalue weighted by molar-refractivity contribution is 7.12. The summed E-state index contributed by atoms with van der Waals surface area (Å²) in [6.45, 7) is 0.115. The SMILES string of the molecule is N#Cc1ccc(CC(NC(=O)OCC2c3ccccc3-c3ccccc32)C(=O)O)s1. The van der Waals surface area contributed by atoms with Gasteiger partial charge in [-0.3, -0.25) is 0 Å². The molecule has 150 valence electrons. The molecule has 0 saturated heterocycles. The zero-order chi connectivity index (χ0) is 21.1. The van der Waals surface area contributed by atoms with Crippen molar-refractivity contribution in [3.8, 4) is 17.2 Å². The zero-order valence-electron chi connectivity index (χ0n) is 15.9. The van der Waals surface area contributed by atoms with Crippen LogP contribution in [-0.2, 0) is 16.0 Å². The van der Waals surface area contributed by atoms with Crippen LogP contribution in [0, 0.1) is 11.3 Å². The van der Waals surface area contributed by atoms with Crippen LogP contribution in [0.1, 0.15) is 26.8 Å². The minimum absolute atomic E-state index is 0.0892. The van der Waals surface area contributed by atoms with Crippen molar-refractivity contribution in [3.05, 3.63) is 81.5 Å². The van der Waals surface area contributed by atoms with E-state index in [1.54, 1.807) is 12.1 Å². The van der Waals surface area contributed by atoms with E-state index in [1.165, 1.54) is 11.3 Å². The summed E-state index contributed by atoms with van der Waals surface area (Å²) in [6.07, 6.45) is -0.687. The molecule has 1 aliphatic rings. The second-order valence-electron chi connectivity index (χ2n) is 6.94. The topological polar surface area (TPSA) is 99.4 Å². The number of rotatable bonds is 6. The lowest BCUT2D eigenvalue weighted by atomic mass is 9.98. The third kappa shape index (κ3) is 3.91. The molecule has 0 radical (unpaired) electrons. The number of carbonyl (C=O) groups excluding carboxylic acids is 1. The zero-order valence-corrected chi connectivity index (χ0v) is 16.7. The van der Waals surface area contributed by atoms with Gasteiger partial charge in [0.05, 0.1) is 0 Å². The van der Waals surface area contributed by atoms with Gasteiger partial charge in [-0.05, 0) is 34.4 Å². The predicted octanol–water partition coefficient (Wildman–Crippen LogP) is 4.15. The van der Waals surface area contributed by atoms with Crippen molar-refractivity contribution in [2.75, 3.05) is 6.61 Å². The van der Waals surface area contributed by atoms with Crippen molar-refractivity contribution < 1.29 is 19.4 Å². The number of hydrogen-bond donors (Lipinski definition) is 2. The normalized spacial score (nSPS) is 13.0. The summed E-state index contributed by atoms with van der Waals surface area (Å²) in [7, 11) is 0. The minimum atomic E-state index is -1.16. The largest absolute Gasteiger partial charge is 0.480 e. The number of nitriles is 1. The molecule has 6 nitrogen and oxygen atoms in total. The standard InChI is InChI=1S/C23H18N2O4S/c24-12-15-10-9-14(30-15)11-21(22(26)27)25-23(28)29-13-20-18-7-3-1-5-16(18)17-6-2-4-8-19(17)20/h1-10,20-21H,11,13H2,(H,25,28)(H,26,27). The van der Waals surface area contributed by atoms with Gasteiger partial charge in [-0.1, -0.05) is 48.5 Å². The van der Waals surface area contributed by atoms with Crippen LogP contribution in [0.15, 0.2) is 60.7 Å². The fraction of sp³-hybridized carbons (Fsp3) is 0.174. The molecule has 1 heterocycles. The van der Waals surface area contributed by atoms with Gasteiger partial charge in [-0.25, -0.2) is 9.59 Å². The molecule has 1 unspecified atom stereocenters. The molecule has 0 aliphatic heterocycles. The molecule has 2 N–H and O–H groups in total. The Balaban J connectivity index is 1.43. The van der Waals surface area contributed by atoms with Crippen LogP contribution in [0.2, 0.25) is 0 Å². The molecule has 30 heavy (non-hydrogen) atoms. The molecule has 0 saturated carbocycles. The van der Waals surface area contributed by atoms with Crippen molar-refractivity contribution in [2.24, 2.45) is 0 Å². The Morgan fingerprint density at radius 3 is 2.27 bits per heavy atom. The Labute approximate surface area is 177 Å². The van der Waals surface area contributed by atoms with Crippen LogP contribution < -0.4 is 5.32 Å². The number of amides is 1. The van der Waals surface area contributed by atoms with Gasteiger partial charge >= 0.3 is 12.1 Å². The van der Waals surface area contributed by atoms with Crippen LogP contribution in [0.4, 0.5) is 4.79 Å². The van der Waals surface area contributed by atoms with Gasteiger partial charge in [0, 0.05) is 17.2 Å². The number of carboxylic acid groups (broad SMARTS) is 1. The van der Waals surface area contributed by atoms with Gasteiger partial charge in [-0.2, -0.15) is 5.26 Å². The average molecular weight is 418 g/mol. The predicted molar refractivity (Wildman–Crippen MR) is 112 cm³/mol. The van der Waals surface area contributed by atoms with E-state index in [0.717, 1.165) is 22.3 Å². The molecule has 1 aromatic heterocycles. The maximum Gasteiger partial charge on any atom is 0.407 e. The number of benzene rings is 2. The number of ether oxygens (including phenoxy) is 1. The number of nitrogens with one attached hydrogen (secondary N) is 1. The molecule has 7 heteroatoms. The highest BCUT2D eigenvalue weighted by Gasteiger charge is 2.29. The second-order valence-corrected chi connectivity index (χ2v) is 8.11. The highest BCUT2D eigenvalue weighted by Crippen LogP contribution is 2.44. The first-order valence-electron chi connectivity index (χ1n) is 9.40. The number of thiophene rings is 1. The van der Waals surface area contributed by atoms with Gasteiger partial charge in [0.2, 0.25) is 0 Å². The van der Waals surface area contributed by atoms with Gasteiger partial charge < -0.3 is 15.2 Å². The Morgan fingerprint density at radius 2 is 1.70 bits per heavy atom. The second kappa shape index (κ2) is 8.39. The summed E-state index contributed by atoms with van der Waals surface area (Å²) < 4.78 is 5.42. The van der Waals surface area contributed by atoms with Gasteiger partial charge in [0.15, 0.2) is 0 Å². The van der Waals surface area contributed by atoms with Gasteiger partial charge in [0.25, 0.3) is 0 Å². The number of aliphatic carboxylic acids is 1. The van der Waals surface area contributed by atoms with E-state index < -0.39 is 18.1 Å². The molecule has 1 aliphatic carbocycles. The van der Waals surface area contributed by atoms with Crippen molar-refractivity contribution >= 4 is 23.4 Å². The van der Waals surface area contributed by atoms with Crippen LogP contribution in [-0.4, -0.2) is 29.8 Å². The van der Waals surface area contributed by atoms with E-state index in [9.17, 15) is 14.7 Å². The van der Waals surface area contributed by atoms with Crippen LogP contribution in [0.3, 0.4) is 0 Å². The third-order valence-corrected chi connectivity index (χ3v) is 6.12. The first-order chi connectivity index (χ1) is 14.6. The first kappa shape index (κ1) is 19.7. The van der Waals surface area contributed by atoms with E-state index >= 15 is 0 Å². The number of fused-ring (bicyclic) bond motifs is 3.